The fourth-order valence-electron chi connectivity index (χ4n) is 1.76. The van der Waals surface area contributed by atoms with Crippen LogP contribution in [0.4, 0.5) is 0 Å². The van der Waals surface area contributed by atoms with Gasteiger partial charge < -0.3 is 16.2 Å². The van der Waals surface area contributed by atoms with E-state index in [4.69, 9.17) is 16.2 Å². The van der Waals surface area contributed by atoms with Crippen molar-refractivity contribution in [2.24, 2.45) is 11.5 Å². The van der Waals surface area contributed by atoms with E-state index in [0.29, 0.717) is 6.61 Å². The first-order chi connectivity index (χ1) is 8.95. The summed E-state index contributed by atoms with van der Waals surface area (Å²) < 4.78 is 31.5. The third-order valence-electron chi connectivity index (χ3n) is 2.82. The van der Waals surface area contributed by atoms with Crippen LogP contribution in [-0.4, -0.2) is 51.0 Å². The van der Waals surface area contributed by atoms with Crippen LogP contribution in [0.2, 0.25) is 0 Å². The summed E-state index contributed by atoms with van der Waals surface area (Å²) in [6, 6.07) is 1.30. The molecule has 1 amide bonds. The Balaban J connectivity index is 2.23. The SMILES string of the molecule is NC[C@H]1CN(S(=O)(=O)c2cc(C(N)=O)cs2)CCO1. The van der Waals surface area contributed by atoms with Gasteiger partial charge in [-0.3, -0.25) is 4.79 Å². The molecular weight excluding hydrogens is 290 g/mol. The highest BCUT2D eigenvalue weighted by atomic mass is 32.2. The van der Waals surface area contributed by atoms with E-state index in [1.165, 1.54) is 15.8 Å². The van der Waals surface area contributed by atoms with Crippen LogP contribution in [0.1, 0.15) is 10.4 Å². The third kappa shape index (κ3) is 2.95. The molecule has 9 heteroatoms. The lowest BCUT2D eigenvalue weighted by atomic mass is 10.3. The monoisotopic (exact) mass is 305 g/mol. The van der Waals surface area contributed by atoms with Crippen LogP contribution < -0.4 is 11.5 Å². The Kier molecular flexibility index (Phi) is 4.21. The van der Waals surface area contributed by atoms with Gasteiger partial charge >= 0.3 is 0 Å². The molecule has 0 bridgehead atoms. The first-order valence-corrected chi connectivity index (χ1v) is 7.97. The highest BCUT2D eigenvalue weighted by Crippen LogP contribution is 2.25. The quantitative estimate of drug-likeness (QED) is 0.755. The molecule has 0 unspecified atom stereocenters. The number of amides is 1. The van der Waals surface area contributed by atoms with Crippen molar-refractivity contribution in [2.75, 3.05) is 26.2 Å². The normalized spacial score (nSPS) is 21.4. The van der Waals surface area contributed by atoms with E-state index >= 15 is 0 Å². The maximum Gasteiger partial charge on any atom is 0.252 e. The molecule has 1 saturated heterocycles. The number of nitrogens with two attached hydrogens (primary N) is 2. The van der Waals surface area contributed by atoms with Crippen LogP contribution >= 0.6 is 11.3 Å². The van der Waals surface area contributed by atoms with Crippen molar-refractivity contribution in [2.45, 2.75) is 10.3 Å². The van der Waals surface area contributed by atoms with Crippen molar-refractivity contribution in [1.29, 1.82) is 0 Å². The molecule has 0 saturated carbocycles. The molecule has 4 N–H and O–H groups in total. The average molecular weight is 305 g/mol. The molecule has 2 rings (SSSR count). The number of hydrogen-bond donors (Lipinski definition) is 2. The molecule has 1 atom stereocenters. The Morgan fingerprint density at radius 3 is 2.89 bits per heavy atom. The summed E-state index contributed by atoms with van der Waals surface area (Å²) in [6.07, 6.45) is -0.293. The third-order valence-corrected chi connectivity index (χ3v) is 6.10. The number of hydrogen-bond acceptors (Lipinski definition) is 6. The maximum atomic E-state index is 12.4. The molecule has 0 aromatic carbocycles. The van der Waals surface area contributed by atoms with E-state index in [2.05, 4.69) is 0 Å². The summed E-state index contributed by atoms with van der Waals surface area (Å²) in [7, 11) is -3.61. The second-order valence-corrected chi connectivity index (χ2v) is 7.19. The zero-order valence-corrected chi connectivity index (χ0v) is 11.7. The number of sulfonamides is 1. The second kappa shape index (κ2) is 5.55. The van der Waals surface area contributed by atoms with Gasteiger partial charge in [-0.05, 0) is 6.07 Å². The Hall–Kier alpha value is -1.00. The highest BCUT2D eigenvalue weighted by Gasteiger charge is 2.31. The molecule has 106 valence electrons. The number of primary amides is 1. The van der Waals surface area contributed by atoms with Crippen molar-refractivity contribution in [3.63, 3.8) is 0 Å². The van der Waals surface area contributed by atoms with E-state index in [1.54, 1.807) is 0 Å². The van der Waals surface area contributed by atoms with Gasteiger partial charge in [0.15, 0.2) is 0 Å². The molecule has 0 aliphatic carbocycles. The first-order valence-electron chi connectivity index (χ1n) is 5.65. The van der Waals surface area contributed by atoms with E-state index in [1.807, 2.05) is 0 Å². The summed E-state index contributed by atoms with van der Waals surface area (Å²) in [4.78, 5) is 11.0. The molecule has 1 aromatic rings. The Morgan fingerprint density at radius 1 is 1.58 bits per heavy atom. The second-order valence-electron chi connectivity index (χ2n) is 4.11. The van der Waals surface area contributed by atoms with Gasteiger partial charge in [0.1, 0.15) is 4.21 Å². The Morgan fingerprint density at radius 2 is 2.32 bits per heavy atom. The van der Waals surface area contributed by atoms with Crippen molar-refractivity contribution >= 4 is 27.3 Å². The molecule has 1 aliphatic rings. The highest BCUT2D eigenvalue weighted by molar-refractivity contribution is 7.91. The van der Waals surface area contributed by atoms with E-state index in [-0.39, 0.29) is 35.5 Å². The van der Waals surface area contributed by atoms with Crippen molar-refractivity contribution in [3.8, 4) is 0 Å². The predicted molar refractivity (Wildman–Crippen MR) is 70.4 cm³/mol. The lowest BCUT2D eigenvalue weighted by Crippen LogP contribution is -2.47. The molecule has 0 radical (unpaired) electrons. The number of morpholine rings is 1. The van der Waals surface area contributed by atoms with Gasteiger partial charge in [-0.1, -0.05) is 0 Å². The van der Waals surface area contributed by atoms with Crippen LogP contribution in [0.25, 0.3) is 0 Å². The van der Waals surface area contributed by atoms with E-state index < -0.39 is 15.9 Å². The number of carbonyl (C=O) groups is 1. The van der Waals surface area contributed by atoms with Crippen molar-refractivity contribution in [1.82, 2.24) is 4.31 Å². The van der Waals surface area contributed by atoms with E-state index in [9.17, 15) is 13.2 Å². The standard InChI is InChI=1S/C10H15N3O4S2/c11-4-8-5-13(1-2-17-8)19(15,16)9-3-7(6-18-9)10(12)14/h3,6,8H,1-2,4-5,11H2,(H2,12,14)/t8-/m0/s1. The van der Waals surface area contributed by atoms with Crippen LogP contribution in [0, 0.1) is 0 Å². The lowest BCUT2D eigenvalue weighted by Gasteiger charge is -2.31. The number of thiophene rings is 1. The minimum absolute atomic E-state index is 0.110. The zero-order chi connectivity index (χ0) is 14.0. The van der Waals surface area contributed by atoms with Crippen LogP contribution in [-0.2, 0) is 14.8 Å². The van der Waals surface area contributed by atoms with Gasteiger partial charge in [0.2, 0.25) is 5.91 Å². The summed E-state index contributed by atoms with van der Waals surface area (Å²) in [5, 5.41) is 1.44. The van der Waals surface area contributed by atoms with E-state index in [0.717, 1.165) is 11.3 Å². The van der Waals surface area contributed by atoms with Crippen LogP contribution in [0.15, 0.2) is 15.7 Å². The van der Waals surface area contributed by atoms with Crippen LogP contribution in [0.3, 0.4) is 0 Å². The Bertz CT molecular complexity index is 569. The predicted octanol–water partition coefficient (Wildman–Crippen LogP) is -0.805. The van der Waals surface area contributed by atoms with Gasteiger partial charge in [0.05, 0.1) is 18.3 Å². The summed E-state index contributed by atoms with van der Waals surface area (Å²) in [5.74, 6) is -0.639. The molecule has 1 aliphatic heterocycles. The van der Waals surface area contributed by atoms with Gasteiger partial charge in [0.25, 0.3) is 10.0 Å². The molecule has 0 spiro atoms. The number of nitrogens with zero attached hydrogens (tertiary/aromatic N) is 1. The Labute approximate surface area is 115 Å². The smallest absolute Gasteiger partial charge is 0.252 e. The largest absolute Gasteiger partial charge is 0.374 e. The number of carbonyl (C=O) groups excluding carboxylic acids is 1. The van der Waals surface area contributed by atoms with Gasteiger partial charge in [-0.15, -0.1) is 11.3 Å². The average Bonchev–Trinajstić information content (AvgIpc) is 2.89. The van der Waals surface area contributed by atoms with Crippen LogP contribution in [0.5, 0.6) is 0 Å². The zero-order valence-electron chi connectivity index (χ0n) is 10.1. The fourth-order valence-corrected chi connectivity index (χ4v) is 4.54. The molecule has 1 aromatic heterocycles. The summed E-state index contributed by atoms with van der Waals surface area (Å²) in [5.41, 5.74) is 10.8. The summed E-state index contributed by atoms with van der Waals surface area (Å²) in [6.45, 7) is 1.09. The number of rotatable bonds is 4. The number of ether oxygens (including phenoxy) is 1. The minimum atomic E-state index is -3.61. The summed E-state index contributed by atoms with van der Waals surface area (Å²) >= 11 is 0.985. The van der Waals surface area contributed by atoms with Gasteiger partial charge in [0, 0.05) is 25.0 Å². The minimum Gasteiger partial charge on any atom is -0.374 e. The topological polar surface area (TPSA) is 116 Å². The van der Waals surface area contributed by atoms with Gasteiger partial charge in [-0.2, -0.15) is 4.31 Å². The molecule has 1 fully saturated rings. The first kappa shape index (κ1) is 14.4. The lowest BCUT2D eigenvalue weighted by molar-refractivity contribution is 0.00456. The van der Waals surface area contributed by atoms with Gasteiger partial charge in [-0.25, -0.2) is 8.42 Å². The molecule has 7 nitrogen and oxygen atoms in total. The molecule has 2 heterocycles. The molecular formula is C10H15N3O4S2. The maximum absolute atomic E-state index is 12.4. The molecule has 19 heavy (non-hydrogen) atoms. The van der Waals surface area contributed by atoms with Crippen molar-refractivity contribution in [3.05, 3.63) is 17.0 Å². The fraction of sp³-hybridized carbons (Fsp3) is 0.500. The van der Waals surface area contributed by atoms with Crippen molar-refractivity contribution < 1.29 is 17.9 Å².